The lowest BCUT2D eigenvalue weighted by molar-refractivity contribution is -0.140. The van der Waals surface area contributed by atoms with E-state index in [4.69, 9.17) is 6.42 Å². The number of aliphatic hydroxyl groups is 1. The lowest BCUT2D eigenvalue weighted by atomic mass is 9.88. The van der Waals surface area contributed by atoms with Crippen LogP contribution in [0, 0.1) is 18.3 Å². The summed E-state index contributed by atoms with van der Waals surface area (Å²) >= 11 is 0. The highest BCUT2D eigenvalue weighted by Gasteiger charge is 2.36. The molecule has 0 aliphatic carbocycles. The summed E-state index contributed by atoms with van der Waals surface area (Å²) in [5.41, 5.74) is 0.722. The smallest absolute Gasteiger partial charge is 0.261 e. The summed E-state index contributed by atoms with van der Waals surface area (Å²) in [6.45, 7) is 5.83. The number of hydrogen-bond donors (Lipinski definition) is 3. The normalized spacial score (nSPS) is 17.4. The number of nitrogens with zero attached hydrogens (tertiary/aromatic N) is 5. The minimum atomic E-state index is -1.14. The Morgan fingerprint density at radius 1 is 1.08 bits per heavy atom. The second-order valence-electron chi connectivity index (χ2n) is 13.0. The summed E-state index contributed by atoms with van der Waals surface area (Å²) in [6.07, 6.45) is 13.1. The Balaban J connectivity index is 1.17. The number of anilines is 1. The van der Waals surface area contributed by atoms with E-state index in [9.17, 15) is 19.5 Å². The largest absolute Gasteiger partial charge is 0.388 e. The van der Waals surface area contributed by atoms with E-state index in [1.54, 1.807) is 18.2 Å². The molecule has 1 unspecified atom stereocenters. The number of carbonyl (C=O) groups excluding carboxylic acids is 2. The molecule has 11 nitrogen and oxygen atoms in total. The van der Waals surface area contributed by atoms with Gasteiger partial charge in [0.05, 0.1) is 35.9 Å². The number of likely N-dealkylation sites (N-methyl/N-ethyl adjacent to an activating group) is 1. The number of hydrogen-bond acceptors (Lipinski definition) is 8. The molecule has 1 aromatic heterocycles. The van der Waals surface area contributed by atoms with Crippen LogP contribution in [0.4, 0.5) is 5.69 Å². The molecular weight excluding hydrogens is 606 g/mol. The van der Waals surface area contributed by atoms with Crippen molar-refractivity contribution in [1.29, 1.82) is 0 Å². The lowest BCUT2D eigenvalue weighted by Crippen LogP contribution is -2.51. The maximum absolute atomic E-state index is 13.7. The fourth-order valence-electron chi connectivity index (χ4n) is 6.40. The van der Waals surface area contributed by atoms with E-state index in [1.165, 1.54) is 17.0 Å². The molecule has 48 heavy (non-hydrogen) atoms. The van der Waals surface area contributed by atoms with Crippen molar-refractivity contribution in [1.82, 2.24) is 29.6 Å². The highest BCUT2D eigenvalue weighted by molar-refractivity contribution is 6.00. The van der Waals surface area contributed by atoms with Crippen LogP contribution in [-0.4, -0.2) is 106 Å². The summed E-state index contributed by atoms with van der Waals surface area (Å²) in [5.74, 6) is 2.26. The van der Waals surface area contributed by atoms with Crippen molar-refractivity contribution in [3.05, 3.63) is 83.1 Å². The van der Waals surface area contributed by atoms with Crippen LogP contribution in [0.15, 0.2) is 71.9 Å². The number of fused-ring (bicyclic) bond motifs is 1. The summed E-state index contributed by atoms with van der Waals surface area (Å²) < 4.78 is 1.44. The first-order chi connectivity index (χ1) is 23.2. The molecule has 5 rings (SSSR count). The minimum absolute atomic E-state index is 0.0840. The number of piperazine rings is 1. The van der Waals surface area contributed by atoms with Crippen LogP contribution < -0.4 is 16.2 Å². The van der Waals surface area contributed by atoms with Gasteiger partial charge >= 0.3 is 0 Å². The van der Waals surface area contributed by atoms with E-state index in [-0.39, 0.29) is 29.8 Å². The number of piperidine rings is 1. The van der Waals surface area contributed by atoms with Crippen molar-refractivity contribution in [2.45, 2.75) is 44.2 Å². The number of carbonyl (C=O) groups is 2. The van der Waals surface area contributed by atoms with Gasteiger partial charge in [-0.15, -0.1) is 6.42 Å². The number of likely N-dealkylation sites (tertiary alicyclic amines) is 1. The third-order valence-corrected chi connectivity index (χ3v) is 9.35. The van der Waals surface area contributed by atoms with Gasteiger partial charge in [0.1, 0.15) is 0 Å². The van der Waals surface area contributed by atoms with Crippen molar-refractivity contribution < 1.29 is 14.7 Å². The molecule has 3 heterocycles. The molecule has 2 aliphatic heterocycles. The van der Waals surface area contributed by atoms with Crippen LogP contribution in [0.5, 0.6) is 0 Å². The fourth-order valence-corrected chi connectivity index (χ4v) is 6.40. The SMILES string of the molecule is C#CCNCCCC(Cc1ccccc1)C(=O)N1CCC(O)(Cn2cnc3cc(NC(=O)C=CN4CCN(C)CC4)ccc3c2=O)CC1. The quantitative estimate of drug-likeness (QED) is 0.146. The van der Waals surface area contributed by atoms with Gasteiger partial charge in [-0.2, -0.15) is 0 Å². The molecule has 2 saturated heterocycles. The van der Waals surface area contributed by atoms with Gasteiger partial charge in [-0.25, -0.2) is 4.98 Å². The lowest BCUT2D eigenvalue weighted by Gasteiger charge is -2.39. The fraction of sp³-hybridized carbons (Fsp3) is 0.459. The van der Waals surface area contributed by atoms with Gasteiger partial charge in [-0.1, -0.05) is 36.3 Å². The summed E-state index contributed by atoms with van der Waals surface area (Å²) in [7, 11) is 2.08. The average molecular weight is 654 g/mol. The molecular formula is C37H47N7O4. The Bertz CT molecular complexity index is 1670. The van der Waals surface area contributed by atoms with Gasteiger partial charge in [0.15, 0.2) is 0 Å². The predicted octanol–water partition coefficient (Wildman–Crippen LogP) is 2.31. The van der Waals surface area contributed by atoms with Crippen LogP contribution in [0.2, 0.25) is 0 Å². The molecule has 2 fully saturated rings. The molecule has 3 N–H and O–H groups in total. The molecule has 0 saturated carbocycles. The van der Waals surface area contributed by atoms with Gasteiger partial charge in [0, 0.05) is 63.1 Å². The Kier molecular flexibility index (Phi) is 12.0. The van der Waals surface area contributed by atoms with Crippen LogP contribution in [0.1, 0.15) is 31.2 Å². The zero-order chi connectivity index (χ0) is 33.9. The third-order valence-electron chi connectivity index (χ3n) is 9.35. The molecule has 2 amide bonds. The molecule has 2 aliphatic rings. The Hall–Kier alpha value is -4.50. The van der Waals surface area contributed by atoms with Crippen LogP contribution >= 0.6 is 0 Å². The molecule has 2 aromatic carbocycles. The molecule has 254 valence electrons. The molecule has 0 radical (unpaired) electrons. The zero-order valence-corrected chi connectivity index (χ0v) is 27.8. The van der Waals surface area contributed by atoms with Crippen LogP contribution in [0.25, 0.3) is 10.9 Å². The summed E-state index contributed by atoms with van der Waals surface area (Å²) in [5, 5.41) is 18.0. The number of terminal acetylenes is 1. The monoisotopic (exact) mass is 653 g/mol. The zero-order valence-electron chi connectivity index (χ0n) is 27.8. The average Bonchev–Trinajstić information content (AvgIpc) is 3.09. The Morgan fingerprint density at radius 2 is 1.83 bits per heavy atom. The van der Waals surface area contributed by atoms with E-state index in [1.807, 2.05) is 41.4 Å². The predicted molar refractivity (Wildman–Crippen MR) is 188 cm³/mol. The van der Waals surface area contributed by atoms with E-state index in [2.05, 4.69) is 38.4 Å². The highest BCUT2D eigenvalue weighted by atomic mass is 16.3. The number of nitrogens with one attached hydrogen (secondary N) is 2. The Labute approximate surface area is 282 Å². The van der Waals surface area contributed by atoms with Crippen molar-refractivity contribution in [3.63, 3.8) is 0 Å². The maximum Gasteiger partial charge on any atom is 0.261 e. The first-order valence-electron chi connectivity index (χ1n) is 16.8. The molecule has 1 atom stereocenters. The number of amides is 2. The van der Waals surface area contributed by atoms with E-state index < -0.39 is 5.60 Å². The van der Waals surface area contributed by atoms with Crippen molar-refractivity contribution in [2.24, 2.45) is 5.92 Å². The summed E-state index contributed by atoms with van der Waals surface area (Å²) in [4.78, 5) is 50.3. The van der Waals surface area contributed by atoms with Crippen molar-refractivity contribution >= 4 is 28.4 Å². The third kappa shape index (κ3) is 9.53. The summed E-state index contributed by atoms with van der Waals surface area (Å²) in [6, 6.07) is 15.1. The van der Waals surface area contributed by atoms with E-state index in [0.717, 1.165) is 51.1 Å². The molecule has 11 heteroatoms. The van der Waals surface area contributed by atoms with Crippen molar-refractivity contribution in [2.75, 3.05) is 64.7 Å². The number of rotatable bonds is 13. The van der Waals surface area contributed by atoms with Gasteiger partial charge in [0.25, 0.3) is 5.56 Å². The maximum atomic E-state index is 13.7. The van der Waals surface area contributed by atoms with Gasteiger partial charge in [-0.3, -0.25) is 19.0 Å². The number of benzene rings is 2. The van der Waals surface area contributed by atoms with Gasteiger partial charge < -0.3 is 30.4 Å². The second kappa shape index (κ2) is 16.6. The van der Waals surface area contributed by atoms with Crippen LogP contribution in [-0.2, 0) is 22.6 Å². The molecule has 3 aromatic rings. The highest BCUT2D eigenvalue weighted by Crippen LogP contribution is 2.27. The first kappa shape index (κ1) is 34.8. The standard InChI is InChI=1S/C37H47N7O4/c1-3-16-38-17-7-10-30(25-29-8-5-4-6-9-29)35(46)43-19-14-37(48,15-20-43)27-44-28-39-33-26-31(11-12-32(33)36(44)47)40-34(45)13-18-42-23-21-41(2)22-24-42/h1,4-6,8-9,11-13,18,26,28,30,38,48H,7,10,14-17,19-25,27H2,2H3,(H,40,45). The minimum Gasteiger partial charge on any atom is -0.388 e. The van der Waals surface area contributed by atoms with Gasteiger partial charge in [-0.05, 0) is 69.5 Å². The number of aromatic nitrogens is 2. The topological polar surface area (TPSA) is 123 Å². The van der Waals surface area contributed by atoms with E-state index in [0.29, 0.717) is 55.5 Å². The first-order valence-corrected chi connectivity index (χ1v) is 16.8. The van der Waals surface area contributed by atoms with Crippen LogP contribution in [0.3, 0.4) is 0 Å². The van der Waals surface area contributed by atoms with Crippen molar-refractivity contribution in [3.8, 4) is 12.3 Å². The van der Waals surface area contributed by atoms with Gasteiger partial charge in [0.2, 0.25) is 11.8 Å². The Morgan fingerprint density at radius 3 is 2.56 bits per heavy atom. The second-order valence-corrected chi connectivity index (χ2v) is 13.0. The molecule has 0 spiro atoms. The van der Waals surface area contributed by atoms with E-state index >= 15 is 0 Å². The molecule has 0 bridgehead atoms.